The van der Waals surface area contributed by atoms with Gasteiger partial charge in [0.2, 0.25) is 5.91 Å². The number of ether oxygens (including phenoxy) is 1. The molecule has 0 atom stereocenters. The highest BCUT2D eigenvalue weighted by molar-refractivity contribution is 6.31. The molecule has 4 rings (SSSR count). The van der Waals surface area contributed by atoms with Crippen LogP contribution in [0.2, 0.25) is 5.02 Å². The second kappa shape index (κ2) is 9.40. The van der Waals surface area contributed by atoms with Gasteiger partial charge in [0.25, 0.3) is 5.91 Å². The molecular weight excluding hydrogens is 426 g/mol. The van der Waals surface area contributed by atoms with Gasteiger partial charge in [-0.1, -0.05) is 17.7 Å². The Balaban J connectivity index is 1.49. The average Bonchev–Trinajstić information content (AvgIpc) is 3.17. The predicted molar refractivity (Wildman–Crippen MR) is 126 cm³/mol. The zero-order valence-corrected chi connectivity index (χ0v) is 18.7. The first-order valence-electron chi connectivity index (χ1n) is 10.5. The van der Waals surface area contributed by atoms with E-state index in [1.165, 1.54) is 0 Å². The van der Waals surface area contributed by atoms with Crippen molar-refractivity contribution in [2.45, 2.75) is 32.8 Å². The van der Waals surface area contributed by atoms with Crippen molar-refractivity contribution in [2.24, 2.45) is 0 Å². The van der Waals surface area contributed by atoms with Crippen molar-refractivity contribution in [1.29, 1.82) is 0 Å². The number of aromatic nitrogens is 1. The number of carbonyl (C=O) groups is 2. The molecule has 7 heteroatoms. The van der Waals surface area contributed by atoms with Crippen molar-refractivity contribution in [1.82, 2.24) is 4.98 Å². The number of fused-ring (bicyclic) bond motifs is 1. The largest absolute Gasteiger partial charge is 0.490 e. The molecule has 1 aromatic heterocycles. The highest BCUT2D eigenvalue weighted by Gasteiger charge is 2.25. The third kappa shape index (κ3) is 4.92. The number of nitrogens with one attached hydrogen (secondary N) is 1. The SMILES string of the molecule is CC(C)Oc1cc(Cl)ccc1C(=O)Nc1ccc2c(c1)CCN2C(=O)Cc1ccccn1. The van der Waals surface area contributed by atoms with E-state index in [9.17, 15) is 9.59 Å². The molecule has 0 radical (unpaired) electrons. The van der Waals surface area contributed by atoms with Crippen LogP contribution in [0, 0.1) is 0 Å². The Morgan fingerprint density at radius 2 is 2.00 bits per heavy atom. The molecule has 1 aliphatic heterocycles. The molecule has 0 spiro atoms. The number of anilines is 2. The summed E-state index contributed by atoms with van der Waals surface area (Å²) in [4.78, 5) is 31.7. The Kier molecular flexibility index (Phi) is 6.42. The molecule has 2 aromatic carbocycles. The Hall–Kier alpha value is -3.38. The maximum Gasteiger partial charge on any atom is 0.259 e. The van der Waals surface area contributed by atoms with E-state index >= 15 is 0 Å². The molecular formula is C25H24ClN3O3. The van der Waals surface area contributed by atoms with Crippen molar-refractivity contribution < 1.29 is 14.3 Å². The number of amides is 2. The van der Waals surface area contributed by atoms with Gasteiger partial charge in [0, 0.05) is 34.8 Å². The maximum absolute atomic E-state index is 12.9. The van der Waals surface area contributed by atoms with Crippen LogP contribution in [0.3, 0.4) is 0 Å². The molecule has 0 bridgehead atoms. The number of benzene rings is 2. The molecule has 0 unspecified atom stereocenters. The minimum Gasteiger partial charge on any atom is -0.490 e. The summed E-state index contributed by atoms with van der Waals surface area (Å²) in [5, 5.41) is 3.43. The lowest BCUT2D eigenvalue weighted by Crippen LogP contribution is -2.30. The van der Waals surface area contributed by atoms with Gasteiger partial charge in [-0.25, -0.2) is 0 Å². The number of carbonyl (C=O) groups excluding carboxylic acids is 2. The van der Waals surface area contributed by atoms with Gasteiger partial charge in [-0.15, -0.1) is 0 Å². The zero-order chi connectivity index (χ0) is 22.7. The van der Waals surface area contributed by atoms with E-state index in [0.29, 0.717) is 28.6 Å². The van der Waals surface area contributed by atoms with E-state index in [2.05, 4.69) is 10.3 Å². The van der Waals surface area contributed by atoms with Crippen LogP contribution in [0.15, 0.2) is 60.8 Å². The van der Waals surface area contributed by atoms with E-state index in [4.69, 9.17) is 16.3 Å². The van der Waals surface area contributed by atoms with Crippen molar-refractivity contribution in [2.75, 3.05) is 16.8 Å². The Morgan fingerprint density at radius 1 is 1.16 bits per heavy atom. The van der Waals surface area contributed by atoms with Crippen LogP contribution >= 0.6 is 11.6 Å². The third-order valence-corrected chi connectivity index (χ3v) is 5.38. The maximum atomic E-state index is 12.9. The summed E-state index contributed by atoms with van der Waals surface area (Å²) in [6.07, 6.45) is 2.59. The van der Waals surface area contributed by atoms with Crippen LogP contribution in [0.1, 0.15) is 35.5 Å². The molecule has 1 N–H and O–H groups in total. The summed E-state index contributed by atoms with van der Waals surface area (Å²) in [6.45, 7) is 4.40. The Bertz CT molecular complexity index is 1150. The summed E-state index contributed by atoms with van der Waals surface area (Å²) in [7, 11) is 0. The molecule has 6 nitrogen and oxygen atoms in total. The van der Waals surface area contributed by atoms with Crippen molar-refractivity contribution in [3.63, 3.8) is 0 Å². The van der Waals surface area contributed by atoms with E-state index in [0.717, 1.165) is 23.4 Å². The van der Waals surface area contributed by atoms with Crippen LogP contribution < -0.4 is 15.0 Å². The average molecular weight is 450 g/mol. The zero-order valence-electron chi connectivity index (χ0n) is 18.0. The van der Waals surface area contributed by atoms with Gasteiger partial charge < -0.3 is 15.0 Å². The normalized spacial score (nSPS) is 12.6. The lowest BCUT2D eigenvalue weighted by atomic mass is 10.1. The molecule has 2 amide bonds. The smallest absolute Gasteiger partial charge is 0.259 e. The summed E-state index contributed by atoms with van der Waals surface area (Å²) < 4.78 is 5.75. The molecule has 0 saturated heterocycles. The summed E-state index contributed by atoms with van der Waals surface area (Å²) in [6, 6.07) is 16.1. The molecule has 3 aromatic rings. The van der Waals surface area contributed by atoms with Gasteiger partial charge in [0.05, 0.1) is 18.1 Å². The number of pyridine rings is 1. The van der Waals surface area contributed by atoms with Crippen LogP contribution in [0.25, 0.3) is 0 Å². The predicted octanol–water partition coefficient (Wildman–Crippen LogP) is 4.91. The van der Waals surface area contributed by atoms with Gasteiger partial charge in [-0.05, 0) is 74.4 Å². The van der Waals surface area contributed by atoms with Crippen LogP contribution in [0.5, 0.6) is 5.75 Å². The fourth-order valence-corrected chi connectivity index (χ4v) is 3.89. The third-order valence-electron chi connectivity index (χ3n) is 5.14. The summed E-state index contributed by atoms with van der Waals surface area (Å²) in [5.41, 5.74) is 3.72. The first kappa shape index (κ1) is 21.8. The molecule has 1 aliphatic rings. The highest BCUT2D eigenvalue weighted by atomic mass is 35.5. The highest BCUT2D eigenvalue weighted by Crippen LogP contribution is 2.32. The fourth-order valence-electron chi connectivity index (χ4n) is 3.73. The first-order chi connectivity index (χ1) is 15.4. The Labute approximate surface area is 192 Å². The van der Waals surface area contributed by atoms with E-state index in [1.807, 2.05) is 50.2 Å². The minimum atomic E-state index is -0.279. The lowest BCUT2D eigenvalue weighted by Gasteiger charge is -2.18. The van der Waals surface area contributed by atoms with Crippen LogP contribution in [-0.4, -0.2) is 29.4 Å². The molecule has 0 aliphatic carbocycles. The van der Waals surface area contributed by atoms with Gasteiger partial charge >= 0.3 is 0 Å². The Morgan fingerprint density at radius 3 is 2.75 bits per heavy atom. The van der Waals surface area contributed by atoms with Crippen molar-refractivity contribution in [3.05, 3.63) is 82.6 Å². The number of hydrogen-bond donors (Lipinski definition) is 1. The minimum absolute atomic E-state index is 0.0101. The van der Waals surface area contributed by atoms with Crippen molar-refractivity contribution in [3.8, 4) is 5.75 Å². The summed E-state index contributed by atoms with van der Waals surface area (Å²) >= 11 is 6.07. The lowest BCUT2D eigenvalue weighted by molar-refractivity contribution is -0.117. The fraction of sp³-hybridized carbons (Fsp3) is 0.240. The first-order valence-corrected chi connectivity index (χ1v) is 10.9. The van der Waals surface area contributed by atoms with Gasteiger partial charge in [0.15, 0.2) is 0 Å². The quantitative estimate of drug-likeness (QED) is 0.580. The molecule has 2 heterocycles. The van der Waals surface area contributed by atoms with Crippen LogP contribution in [-0.2, 0) is 17.6 Å². The summed E-state index contributed by atoms with van der Waals surface area (Å²) in [5.74, 6) is 0.173. The van der Waals surface area contributed by atoms with Gasteiger partial charge in [-0.2, -0.15) is 0 Å². The second-order valence-corrected chi connectivity index (χ2v) is 8.33. The monoisotopic (exact) mass is 449 g/mol. The number of rotatable bonds is 6. The van der Waals surface area contributed by atoms with Crippen LogP contribution in [0.4, 0.5) is 11.4 Å². The number of hydrogen-bond acceptors (Lipinski definition) is 4. The standard InChI is InChI=1S/C25H24ClN3O3/c1-16(2)32-23-14-18(26)6-8-21(23)25(31)28-20-7-9-22-17(13-20)10-12-29(22)24(30)15-19-5-3-4-11-27-19/h3-9,11,13-14,16H,10,12,15H2,1-2H3,(H,28,31). The second-order valence-electron chi connectivity index (χ2n) is 7.90. The molecule has 0 saturated carbocycles. The molecule has 32 heavy (non-hydrogen) atoms. The van der Waals surface area contributed by atoms with Crippen molar-refractivity contribution >= 4 is 34.8 Å². The van der Waals surface area contributed by atoms with Gasteiger partial charge in [-0.3, -0.25) is 14.6 Å². The number of halogens is 1. The molecule has 164 valence electrons. The van der Waals surface area contributed by atoms with E-state index in [1.54, 1.807) is 29.3 Å². The molecule has 0 fully saturated rings. The van der Waals surface area contributed by atoms with E-state index in [-0.39, 0.29) is 24.3 Å². The van der Waals surface area contributed by atoms with Gasteiger partial charge in [0.1, 0.15) is 5.75 Å². The van der Waals surface area contributed by atoms with E-state index < -0.39 is 0 Å². The topological polar surface area (TPSA) is 71.5 Å². The number of nitrogens with zero attached hydrogens (tertiary/aromatic N) is 2.